The second-order valence-electron chi connectivity index (χ2n) is 4.16. The van der Waals surface area contributed by atoms with Gasteiger partial charge in [0.2, 0.25) is 0 Å². The third kappa shape index (κ3) is 2.38. The molecule has 0 aromatic carbocycles. The SMILES string of the molecule is COC(=O)C1CCN(C2=CCNC=C2)CC1. The van der Waals surface area contributed by atoms with E-state index in [-0.39, 0.29) is 11.9 Å². The monoisotopic (exact) mass is 222 g/mol. The quantitative estimate of drug-likeness (QED) is 0.704. The Morgan fingerprint density at radius 3 is 2.81 bits per heavy atom. The highest BCUT2D eigenvalue weighted by Gasteiger charge is 2.25. The van der Waals surface area contributed by atoms with E-state index in [1.807, 2.05) is 6.20 Å². The van der Waals surface area contributed by atoms with Crippen molar-refractivity contribution >= 4 is 5.97 Å². The van der Waals surface area contributed by atoms with E-state index in [1.54, 1.807) is 0 Å². The summed E-state index contributed by atoms with van der Waals surface area (Å²) < 4.78 is 4.77. The molecule has 4 heteroatoms. The second kappa shape index (κ2) is 5.05. The van der Waals surface area contributed by atoms with Crippen LogP contribution in [0.4, 0.5) is 0 Å². The van der Waals surface area contributed by atoms with Gasteiger partial charge in [-0.15, -0.1) is 0 Å². The van der Waals surface area contributed by atoms with Crippen LogP contribution in [0.5, 0.6) is 0 Å². The predicted octanol–water partition coefficient (Wildman–Crippen LogP) is 0.872. The zero-order chi connectivity index (χ0) is 11.4. The number of carbonyl (C=O) groups excluding carboxylic acids is 1. The van der Waals surface area contributed by atoms with Crippen molar-refractivity contribution in [1.82, 2.24) is 10.2 Å². The topological polar surface area (TPSA) is 41.6 Å². The first-order valence-electron chi connectivity index (χ1n) is 5.74. The largest absolute Gasteiger partial charge is 0.469 e. The van der Waals surface area contributed by atoms with Gasteiger partial charge in [-0.05, 0) is 31.2 Å². The average Bonchev–Trinajstić information content (AvgIpc) is 2.39. The van der Waals surface area contributed by atoms with Crippen LogP contribution in [-0.2, 0) is 9.53 Å². The van der Waals surface area contributed by atoms with Crippen LogP contribution in [0.3, 0.4) is 0 Å². The van der Waals surface area contributed by atoms with Crippen LogP contribution < -0.4 is 5.32 Å². The number of hydrogen-bond acceptors (Lipinski definition) is 4. The standard InChI is InChI=1S/C12H18N2O2/c1-16-12(15)10-4-8-14(9-5-10)11-2-6-13-7-3-11/h2-3,6,10,13H,4-5,7-9H2,1H3. The van der Waals surface area contributed by atoms with Crippen LogP contribution in [0, 0.1) is 5.92 Å². The molecule has 0 unspecified atom stereocenters. The molecule has 0 spiro atoms. The molecule has 4 nitrogen and oxygen atoms in total. The van der Waals surface area contributed by atoms with Gasteiger partial charge in [-0.25, -0.2) is 0 Å². The van der Waals surface area contributed by atoms with Crippen LogP contribution in [0.1, 0.15) is 12.8 Å². The van der Waals surface area contributed by atoms with Crippen LogP contribution >= 0.6 is 0 Å². The molecular formula is C12H18N2O2. The number of dihydropyridines is 1. The Hall–Kier alpha value is -1.45. The molecule has 2 aliphatic heterocycles. The smallest absolute Gasteiger partial charge is 0.308 e. The fourth-order valence-electron chi connectivity index (χ4n) is 2.22. The number of nitrogens with zero attached hydrogens (tertiary/aromatic N) is 1. The highest BCUT2D eigenvalue weighted by molar-refractivity contribution is 5.72. The molecule has 2 heterocycles. The van der Waals surface area contributed by atoms with Crippen LogP contribution in [-0.4, -0.2) is 37.6 Å². The zero-order valence-electron chi connectivity index (χ0n) is 9.61. The number of methoxy groups -OCH3 is 1. The Morgan fingerprint density at radius 2 is 2.25 bits per heavy atom. The number of hydrogen-bond donors (Lipinski definition) is 1. The fourth-order valence-corrected chi connectivity index (χ4v) is 2.22. The number of ether oxygens (including phenoxy) is 1. The average molecular weight is 222 g/mol. The summed E-state index contributed by atoms with van der Waals surface area (Å²) in [6, 6.07) is 0. The van der Waals surface area contributed by atoms with Gasteiger partial charge in [0.25, 0.3) is 0 Å². The van der Waals surface area contributed by atoms with Gasteiger partial charge in [-0.1, -0.05) is 0 Å². The lowest BCUT2D eigenvalue weighted by molar-refractivity contribution is -0.146. The first-order chi connectivity index (χ1) is 7.81. The first kappa shape index (κ1) is 11.0. The molecule has 2 rings (SSSR count). The van der Waals surface area contributed by atoms with Gasteiger partial charge in [0.1, 0.15) is 0 Å². The number of allylic oxidation sites excluding steroid dienone is 1. The van der Waals surface area contributed by atoms with Gasteiger partial charge in [0, 0.05) is 25.3 Å². The molecule has 0 aliphatic carbocycles. The summed E-state index contributed by atoms with van der Waals surface area (Å²) in [4.78, 5) is 13.7. The van der Waals surface area contributed by atoms with Crippen LogP contribution in [0.15, 0.2) is 24.0 Å². The molecule has 0 radical (unpaired) electrons. The van der Waals surface area contributed by atoms with Crippen molar-refractivity contribution in [2.75, 3.05) is 26.7 Å². The molecule has 0 bridgehead atoms. The summed E-state index contributed by atoms with van der Waals surface area (Å²) in [5.41, 5.74) is 1.27. The normalized spacial score (nSPS) is 21.3. The van der Waals surface area contributed by atoms with Crippen LogP contribution in [0.25, 0.3) is 0 Å². The summed E-state index contributed by atoms with van der Waals surface area (Å²) >= 11 is 0. The fraction of sp³-hybridized carbons (Fsp3) is 0.583. The van der Waals surface area contributed by atoms with E-state index in [4.69, 9.17) is 4.74 Å². The minimum absolute atomic E-state index is 0.0607. The Labute approximate surface area is 95.9 Å². The Morgan fingerprint density at radius 1 is 1.50 bits per heavy atom. The van der Waals surface area contributed by atoms with Gasteiger partial charge >= 0.3 is 5.97 Å². The van der Waals surface area contributed by atoms with Crippen molar-refractivity contribution in [1.29, 1.82) is 0 Å². The summed E-state index contributed by atoms with van der Waals surface area (Å²) in [6.07, 6.45) is 8.03. The molecular weight excluding hydrogens is 204 g/mol. The maximum Gasteiger partial charge on any atom is 0.308 e. The van der Waals surface area contributed by atoms with Gasteiger partial charge in [0.15, 0.2) is 0 Å². The third-order valence-electron chi connectivity index (χ3n) is 3.20. The summed E-state index contributed by atoms with van der Waals surface area (Å²) in [5, 5.41) is 3.13. The highest BCUT2D eigenvalue weighted by Crippen LogP contribution is 2.22. The molecule has 2 aliphatic rings. The molecule has 1 N–H and O–H groups in total. The number of piperidine rings is 1. The number of rotatable bonds is 2. The number of esters is 1. The molecule has 0 aromatic rings. The first-order valence-corrected chi connectivity index (χ1v) is 5.74. The molecule has 1 fully saturated rings. The van der Waals surface area contributed by atoms with E-state index in [0.29, 0.717) is 0 Å². The molecule has 0 atom stereocenters. The summed E-state index contributed by atoms with van der Waals surface area (Å²) in [5.74, 6) is 0.0297. The molecule has 0 aromatic heterocycles. The van der Waals surface area contributed by atoms with E-state index < -0.39 is 0 Å². The highest BCUT2D eigenvalue weighted by atomic mass is 16.5. The summed E-state index contributed by atoms with van der Waals surface area (Å²) in [7, 11) is 1.47. The maximum atomic E-state index is 11.4. The number of nitrogens with one attached hydrogen (secondary N) is 1. The molecule has 88 valence electrons. The van der Waals surface area contributed by atoms with Crippen molar-refractivity contribution in [3.05, 3.63) is 24.0 Å². The number of carbonyl (C=O) groups is 1. The Kier molecular flexibility index (Phi) is 3.49. The van der Waals surface area contributed by atoms with Crippen molar-refractivity contribution in [3.8, 4) is 0 Å². The maximum absolute atomic E-state index is 11.4. The zero-order valence-corrected chi connectivity index (χ0v) is 9.61. The van der Waals surface area contributed by atoms with Crippen molar-refractivity contribution in [2.45, 2.75) is 12.8 Å². The van der Waals surface area contributed by atoms with E-state index in [0.717, 1.165) is 32.5 Å². The third-order valence-corrected chi connectivity index (χ3v) is 3.20. The van der Waals surface area contributed by atoms with E-state index in [9.17, 15) is 4.79 Å². The van der Waals surface area contributed by atoms with Gasteiger partial charge < -0.3 is 15.0 Å². The van der Waals surface area contributed by atoms with E-state index in [1.165, 1.54) is 12.8 Å². The van der Waals surface area contributed by atoms with Crippen molar-refractivity contribution < 1.29 is 9.53 Å². The molecule has 1 saturated heterocycles. The lowest BCUT2D eigenvalue weighted by atomic mass is 9.96. The predicted molar refractivity (Wildman–Crippen MR) is 61.5 cm³/mol. The van der Waals surface area contributed by atoms with Gasteiger partial charge in [0.05, 0.1) is 13.0 Å². The lowest BCUT2D eigenvalue weighted by Crippen LogP contribution is -2.36. The molecule has 0 saturated carbocycles. The van der Waals surface area contributed by atoms with Crippen molar-refractivity contribution in [2.24, 2.45) is 5.92 Å². The number of likely N-dealkylation sites (tertiary alicyclic amines) is 1. The molecule has 16 heavy (non-hydrogen) atoms. The van der Waals surface area contributed by atoms with Gasteiger partial charge in [-0.3, -0.25) is 4.79 Å². The van der Waals surface area contributed by atoms with E-state index in [2.05, 4.69) is 22.4 Å². The Balaban J connectivity index is 1.87. The van der Waals surface area contributed by atoms with E-state index >= 15 is 0 Å². The lowest BCUT2D eigenvalue weighted by Gasteiger charge is -2.33. The summed E-state index contributed by atoms with van der Waals surface area (Å²) in [6.45, 7) is 2.77. The second-order valence-corrected chi connectivity index (χ2v) is 4.16. The minimum atomic E-state index is -0.0607. The Bertz CT molecular complexity index is 315. The van der Waals surface area contributed by atoms with Gasteiger partial charge in [-0.2, -0.15) is 0 Å². The molecule has 0 amide bonds. The van der Waals surface area contributed by atoms with Crippen LogP contribution in [0.2, 0.25) is 0 Å². The minimum Gasteiger partial charge on any atom is -0.469 e. The van der Waals surface area contributed by atoms with Crippen molar-refractivity contribution in [3.63, 3.8) is 0 Å².